The van der Waals surface area contributed by atoms with Gasteiger partial charge in [0, 0.05) is 0 Å². The third-order valence-electron chi connectivity index (χ3n) is 1.97. The molecule has 0 saturated carbocycles. The van der Waals surface area contributed by atoms with Gasteiger partial charge in [0.05, 0.1) is 0 Å². The molecule has 0 atom stereocenters. The van der Waals surface area contributed by atoms with Gasteiger partial charge in [-0.05, 0) is 37.0 Å². The lowest BCUT2D eigenvalue weighted by Crippen LogP contribution is -1.78. The number of allylic oxidation sites excluding steroid dienone is 7. The lowest BCUT2D eigenvalue weighted by Gasteiger charge is -1.97. The fraction of sp³-hybridized carbons (Fsp3) is 0.273. The van der Waals surface area contributed by atoms with Crippen molar-refractivity contribution in [2.45, 2.75) is 20.3 Å². The van der Waals surface area contributed by atoms with Gasteiger partial charge in [-0.3, -0.25) is 0 Å². The minimum Gasteiger partial charge on any atom is -0.0985 e. The molecule has 1 aliphatic rings. The molecule has 58 valence electrons. The van der Waals surface area contributed by atoms with Crippen LogP contribution in [0.4, 0.5) is 0 Å². The molecular weight excluding hydrogens is 132 g/mol. The average molecular weight is 146 g/mol. The summed E-state index contributed by atoms with van der Waals surface area (Å²) >= 11 is 0. The van der Waals surface area contributed by atoms with E-state index in [4.69, 9.17) is 0 Å². The van der Waals surface area contributed by atoms with Crippen LogP contribution in [0.5, 0.6) is 0 Å². The van der Waals surface area contributed by atoms with Gasteiger partial charge in [0.2, 0.25) is 0 Å². The SMILES string of the molecule is C=CC1=C(/C=C\C)CC=C1C. The molecule has 0 amide bonds. The van der Waals surface area contributed by atoms with Gasteiger partial charge in [0.1, 0.15) is 0 Å². The molecule has 1 aliphatic carbocycles. The number of hydrogen-bond acceptors (Lipinski definition) is 0. The smallest absolute Gasteiger partial charge is 0.00856 e. The molecule has 0 N–H and O–H groups in total. The Bertz CT molecular complexity index is 249. The highest BCUT2D eigenvalue weighted by atomic mass is 14.1. The molecule has 0 nitrogen and oxygen atoms in total. The summed E-state index contributed by atoms with van der Waals surface area (Å²) in [6.07, 6.45) is 9.48. The van der Waals surface area contributed by atoms with Gasteiger partial charge < -0.3 is 0 Å². The van der Waals surface area contributed by atoms with Crippen LogP contribution in [0.1, 0.15) is 20.3 Å². The van der Waals surface area contributed by atoms with Crippen LogP contribution in [0.2, 0.25) is 0 Å². The maximum atomic E-state index is 3.79. The second kappa shape index (κ2) is 3.38. The van der Waals surface area contributed by atoms with Crippen LogP contribution in [0, 0.1) is 0 Å². The van der Waals surface area contributed by atoms with Crippen molar-refractivity contribution >= 4 is 0 Å². The van der Waals surface area contributed by atoms with E-state index < -0.39 is 0 Å². The fourth-order valence-electron chi connectivity index (χ4n) is 1.39. The monoisotopic (exact) mass is 146 g/mol. The van der Waals surface area contributed by atoms with E-state index in [1.54, 1.807) is 0 Å². The molecule has 0 unspecified atom stereocenters. The predicted molar refractivity (Wildman–Crippen MR) is 50.4 cm³/mol. The summed E-state index contributed by atoms with van der Waals surface area (Å²) in [6.45, 7) is 7.97. The Morgan fingerprint density at radius 2 is 2.27 bits per heavy atom. The number of rotatable bonds is 2. The molecule has 0 radical (unpaired) electrons. The van der Waals surface area contributed by atoms with Crippen LogP contribution >= 0.6 is 0 Å². The van der Waals surface area contributed by atoms with Crippen molar-refractivity contribution in [3.63, 3.8) is 0 Å². The molecule has 0 spiro atoms. The summed E-state index contributed by atoms with van der Waals surface area (Å²) in [5, 5.41) is 0. The first kappa shape index (κ1) is 8.06. The molecule has 0 heterocycles. The average Bonchev–Trinajstić information content (AvgIpc) is 2.33. The summed E-state index contributed by atoms with van der Waals surface area (Å²) in [6, 6.07) is 0. The highest BCUT2D eigenvalue weighted by Gasteiger charge is 2.07. The van der Waals surface area contributed by atoms with E-state index in [1.165, 1.54) is 16.7 Å². The van der Waals surface area contributed by atoms with E-state index in [2.05, 4.69) is 31.7 Å². The second-order valence-corrected chi connectivity index (χ2v) is 2.73. The quantitative estimate of drug-likeness (QED) is 0.560. The predicted octanol–water partition coefficient (Wildman–Crippen LogP) is 3.40. The van der Waals surface area contributed by atoms with Gasteiger partial charge in [0.25, 0.3) is 0 Å². The van der Waals surface area contributed by atoms with Crippen LogP contribution in [0.3, 0.4) is 0 Å². The summed E-state index contributed by atoms with van der Waals surface area (Å²) < 4.78 is 0. The lowest BCUT2D eigenvalue weighted by molar-refractivity contribution is 1.31. The summed E-state index contributed by atoms with van der Waals surface area (Å²) in [5.74, 6) is 0. The van der Waals surface area contributed by atoms with Crippen molar-refractivity contribution in [1.82, 2.24) is 0 Å². The zero-order valence-electron chi connectivity index (χ0n) is 7.22. The van der Waals surface area contributed by atoms with Crippen LogP contribution in [0.25, 0.3) is 0 Å². The molecule has 0 saturated heterocycles. The van der Waals surface area contributed by atoms with E-state index >= 15 is 0 Å². The Kier molecular flexibility index (Phi) is 2.48. The highest BCUT2D eigenvalue weighted by molar-refractivity contribution is 5.51. The molecule has 11 heavy (non-hydrogen) atoms. The van der Waals surface area contributed by atoms with Gasteiger partial charge >= 0.3 is 0 Å². The largest absolute Gasteiger partial charge is 0.0985 e. The van der Waals surface area contributed by atoms with Gasteiger partial charge in [-0.25, -0.2) is 0 Å². The first-order chi connectivity index (χ1) is 5.29. The maximum absolute atomic E-state index is 3.79. The van der Waals surface area contributed by atoms with Crippen molar-refractivity contribution in [1.29, 1.82) is 0 Å². The van der Waals surface area contributed by atoms with Crippen molar-refractivity contribution < 1.29 is 0 Å². The Morgan fingerprint density at radius 3 is 2.82 bits per heavy atom. The lowest BCUT2D eigenvalue weighted by atomic mass is 10.1. The standard InChI is InChI=1S/C11H14/c1-4-6-10-8-7-9(3)11(10)5-2/h4-7H,2,8H2,1,3H3/b6-4-. The topological polar surface area (TPSA) is 0 Å². The van der Waals surface area contributed by atoms with E-state index in [1.807, 2.05) is 13.0 Å². The molecule has 1 rings (SSSR count). The minimum atomic E-state index is 1.07. The Balaban J connectivity index is 2.96. The summed E-state index contributed by atoms with van der Waals surface area (Å²) in [4.78, 5) is 0. The van der Waals surface area contributed by atoms with Crippen molar-refractivity contribution in [2.24, 2.45) is 0 Å². The van der Waals surface area contributed by atoms with Gasteiger partial charge in [-0.1, -0.05) is 30.9 Å². The minimum absolute atomic E-state index is 1.07. The van der Waals surface area contributed by atoms with Crippen LogP contribution < -0.4 is 0 Å². The molecular formula is C11H14. The second-order valence-electron chi connectivity index (χ2n) is 2.73. The summed E-state index contributed by atoms with van der Waals surface area (Å²) in [7, 11) is 0. The highest BCUT2D eigenvalue weighted by Crippen LogP contribution is 2.27. The van der Waals surface area contributed by atoms with Crippen molar-refractivity contribution in [3.8, 4) is 0 Å². The number of hydrogen-bond donors (Lipinski definition) is 0. The van der Waals surface area contributed by atoms with E-state index in [9.17, 15) is 0 Å². The van der Waals surface area contributed by atoms with Gasteiger partial charge in [-0.15, -0.1) is 0 Å². The normalized spacial score (nSPS) is 17.8. The third-order valence-corrected chi connectivity index (χ3v) is 1.97. The maximum Gasteiger partial charge on any atom is -0.00856 e. The van der Waals surface area contributed by atoms with Gasteiger partial charge in [0.15, 0.2) is 0 Å². The molecule has 0 aromatic rings. The Morgan fingerprint density at radius 1 is 1.55 bits per heavy atom. The van der Waals surface area contributed by atoms with E-state index in [0.29, 0.717) is 0 Å². The molecule has 0 bridgehead atoms. The zero-order chi connectivity index (χ0) is 8.27. The van der Waals surface area contributed by atoms with Crippen LogP contribution in [-0.2, 0) is 0 Å². The van der Waals surface area contributed by atoms with Crippen LogP contribution in [-0.4, -0.2) is 0 Å². The first-order valence-corrected chi connectivity index (χ1v) is 3.95. The summed E-state index contributed by atoms with van der Waals surface area (Å²) in [5.41, 5.74) is 4.05. The van der Waals surface area contributed by atoms with Crippen molar-refractivity contribution in [2.75, 3.05) is 0 Å². The van der Waals surface area contributed by atoms with Gasteiger partial charge in [-0.2, -0.15) is 0 Å². The third kappa shape index (κ3) is 1.51. The van der Waals surface area contributed by atoms with E-state index in [-0.39, 0.29) is 0 Å². The fourth-order valence-corrected chi connectivity index (χ4v) is 1.39. The molecule has 0 aromatic heterocycles. The Labute approximate surface area is 68.6 Å². The van der Waals surface area contributed by atoms with Crippen LogP contribution in [0.15, 0.2) is 47.6 Å². The van der Waals surface area contributed by atoms with E-state index in [0.717, 1.165) is 6.42 Å². The first-order valence-electron chi connectivity index (χ1n) is 3.95. The van der Waals surface area contributed by atoms with Crippen molar-refractivity contribution in [3.05, 3.63) is 47.6 Å². The molecule has 0 aliphatic heterocycles. The molecule has 0 heteroatoms. The Hall–Kier alpha value is -1.04. The zero-order valence-corrected chi connectivity index (χ0v) is 7.22. The molecule has 0 fully saturated rings. The molecule has 0 aromatic carbocycles.